The summed E-state index contributed by atoms with van der Waals surface area (Å²) >= 11 is 0. The van der Waals surface area contributed by atoms with Gasteiger partial charge in [0.1, 0.15) is 5.60 Å². The highest BCUT2D eigenvalue weighted by Gasteiger charge is 2.63. The van der Waals surface area contributed by atoms with Crippen LogP contribution in [-0.2, 0) is 14.3 Å². The Balaban J connectivity index is 0.825. The number of ether oxygens (including phenoxy) is 1. The Morgan fingerprint density at radius 1 is 0.917 bits per heavy atom. The number of nitrogens with zero attached hydrogens (tertiary/aromatic N) is 1. The third kappa shape index (κ3) is 6.98. The summed E-state index contributed by atoms with van der Waals surface area (Å²) in [7, 11) is 2.20. The molecule has 2 N–H and O–H groups in total. The maximum atomic E-state index is 12.5. The number of anilines is 1. The van der Waals surface area contributed by atoms with Gasteiger partial charge in [-0.25, -0.2) is 0 Å². The number of rotatable bonds is 10. The fourth-order valence-electron chi connectivity index (χ4n) is 16.7. The summed E-state index contributed by atoms with van der Waals surface area (Å²) in [6.45, 7) is 13.4. The fourth-order valence-corrected chi connectivity index (χ4v) is 16.7. The van der Waals surface area contributed by atoms with Crippen LogP contribution in [0.2, 0.25) is 0 Å². The van der Waals surface area contributed by atoms with E-state index in [1.807, 2.05) is 13.0 Å². The molecule has 1 aromatic rings. The fraction of sp³-hybridized carbons (Fsp3) is 0.741. The highest BCUT2D eigenvalue weighted by atomic mass is 16.5. The van der Waals surface area contributed by atoms with Crippen LogP contribution in [0.5, 0.6) is 0 Å². The predicted octanol–water partition coefficient (Wildman–Crippen LogP) is 11.3. The number of aliphatic carboxylic acids is 1. The van der Waals surface area contributed by atoms with E-state index in [-0.39, 0.29) is 17.1 Å². The largest absolute Gasteiger partial charge is 0.481 e. The number of aliphatic hydroxyl groups is 1. The van der Waals surface area contributed by atoms with Gasteiger partial charge in [-0.15, -0.1) is 5.92 Å². The van der Waals surface area contributed by atoms with E-state index < -0.39 is 11.6 Å². The standard InChI is InChI=1S/C54H75NO5/c1-7-25-54(59)28-24-48-43-16-11-36-31-39(56)15-18-41(36)50(43)44(33-53(48,54)5)35-9-13-38(14-10-35)55(6)29-30-60-40-22-26-51(3)37(32-40)12-17-42-46-20-19-45(34(2)8-21-49(57)58)52(46,4)27-23-47(42)51/h9-10,13-14,31,34,37,40,42-48,59H,8,11-12,15-24,26-30,32-33H2,1-6H3,(H,57,58)/t34-,37-,40+,42+,43+,44-,45-,46+,47+,48+,51+,52-,53+,54+/m1/s1. The van der Waals surface area contributed by atoms with Crippen LogP contribution in [0.15, 0.2) is 47.1 Å². The minimum absolute atomic E-state index is 0.216. The van der Waals surface area contributed by atoms with E-state index >= 15 is 0 Å². The van der Waals surface area contributed by atoms with Gasteiger partial charge in [-0.1, -0.05) is 51.3 Å². The number of carbonyl (C=O) groups excluding carboxylic acids is 1. The molecule has 8 aliphatic rings. The third-order valence-electron chi connectivity index (χ3n) is 19.9. The summed E-state index contributed by atoms with van der Waals surface area (Å²) in [5.74, 6) is 11.5. The zero-order chi connectivity index (χ0) is 42.2. The topological polar surface area (TPSA) is 87.1 Å². The van der Waals surface area contributed by atoms with Crippen molar-refractivity contribution in [1.82, 2.24) is 0 Å². The second-order valence-corrected chi connectivity index (χ2v) is 22.3. The summed E-state index contributed by atoms with van der Waals surface area (Å²) < 4.78 is 6.74. The van der Waals surface area contributed by atoms with E-state index in [4.69, 9.17) is 4.74 Å². The number of benzene rings is 1. The Labute approximate surface area is 361 Å². The minimum Gasteiger partial charge on any atom is -0.481 e. The molecule has 6 fully saturated rings. The molecular weight excluding hydrogens is 743 g/mol. The molecule has 9 rings (SSSR count). The number of carboxylic acids is 1. The number of carbonyl (C=O) groups is 2. The van der Waals surface area contributed by atoms with Gasteiger partial charge in [0.15, 0.2) is 5.78 Å². The first-order valence-electron chi connectivity index (χ1n) is 24.5. The molecule has 0 radical (unpaired) electrons. The molecule has 0 aliphatic heterocycles. The maximum Gasteiger partial charge on any atom is 0.303 e. The number of likely N-dealkylation sites (N-methyl/N-ethyl adjacent to an activating group) is 1. The van der Waals surface area contributed by atoms with E-state index in [2.05, 4.69) is 75.7 Å². The van der Waals surface area contributed by atoms with Crippen LogP contribution in [0.25, 0.3) is 0 Å². The normalized spacial score (nSPS) is 42.3. The summed E-state index contributed by atoms with van der Waals surface area (Å²) in [6, 6.07) is 9.28. The molecule has 0 heterocycles. The molecule has 0 unspecified atom stereocenters. The molecule has 326 valence electrons. The molecule has 8 aliphatic carbocycles. The van der Waals surface area contributed by atoms with Gasteiger partial charge < -0.3 is 19.8 Å². The van der Waals surface area contributed by atoms with Crippen molar-refractivity contribution in [3.63, 3.8) is 0 Å². The summed E-state index contributed by atoms with van der Waals surface area (Å²) in [5, 5.41) is 21.4. The number of hydrogen-bond donors (Lipinski definition) is 2. The molecule has 0 spiro atoms. The van der Waals surface area contributed by atoms with Crippen molar-refractivity contribution < 1.29 is 24.5 Å². The van der Waals surface area contributed by atoms with Crippen LogP contribution in [0, 0.1) is 75.4 Å². The lowest BCUT2D eigenvalue weighted by Gasteiger charge is -2.61. The first-order chi connectivity index (χ1) is 28.7. The van der Waals surface area contributed by atoms with E-state index in [1.54, 1.807) is 5.57 Å². The average molecular weight is 818 g/mol. The van der Waals surface area contributed by atoms with Gasteiger partial charge in [-0.2, -0.15) is 0 Å². The Kier molecular flexibility index (Phi) is 11.3. The Hall–Kier alpha value is -2.88. The van der Waals surface area contributed by atoms with Crippen molar-refractivity contribution in [2.75, 3.05) is 25.1 Å². The van der Waals surface area contributed by atoms with Crippen LogP contribution < -0.4 is 4.90 Å². The Morgan fingerprint density at radius 3 is 2.43 bits per heavy atom. The Bertz CT molecular complexity index is 1950. The van der Waals surface area contributed by atoms with Crippen LogP contribution in [0.4, 0.5) is 5.69 Å². The SMILES string of the molecule is CC#C[C@]1(O)CC[C@H]2[C@@H]3CCC4=CC(=O)CCC4=C3[C@@H](c3ccc(N(C)CCO[C@H]4CC[C@@]5(C)[C@H](CC[C@@H]6[C@@H]5CC[C@]5(C)[C@@H]([C@H](C)CCC(=O)O)CC[C@@H]65)C4)cc3)C[C@@]21C. The molecule has 0 saturated heterocycles. The van der Waals surface area contributed by atoms with Gasteiger partial charge in [0.05, 0.1) is 12.7 Å². The monoisotopic (exact) mass is 818 g/mol. The molecule has 0 aromatic heterocycles. The molecule has 14 atom stereocenters. The van der Waals surface area contributed by atoms with Crippen LogP contribution in [0.3, 0.4) is 0 Å². The third-order valence-corrected chi connectivity index (χ3v) is 19.9. The smallest absolute Gasteiger partial charge is 0.303 e. The van der Waals surface area contributed by atoms with Crippen molar-refractivity contribution in [3.05, 3.63) is 52.6 Å². The van der Waals surface area contributed by atoms with Crippen LogP contribution in [-0.4, -0.2) is 53.9 Å². The molecule has 6 heteroatoms. The second-order valence-electron chi connectivity index (χ2n) is 22.3. The highest BCUT2D eigenvalue weighted by Crippen LogP contribution is 2.69. The Morgan fingerprint density at radius 2 is 1.67 bits per heavy atom. The molecule has 60 heavy (non-hydrogen) atoms. The highest BCUT2D eigenvalue weighted by molar-refractivity contribution is 5.93. The lowest BCUT2D eigenvalue weighted by Crippen LogP contribution is -2.54. The van der Waals surface area contributed by atoms with E-state index in [0.717, 1.165) is 81.8 Å². The van der Waals surface area contributed by atoms with Gasteiger partial charge in [-0.3, -0.25) is 9.59 Å². The first-order valence-corrected chi connectivity index (χ1v) is 24.5. The second kappa shape index (κ2) is 16.0. The maximum absolute atomic E-state index is 12.5. The number of carboxylic acid groups (broad SMARTS) is 1. The van der Waals surface area contributed by atoms with Gasteiger partial charge in [0, 0.05) is 43.5 Å². The summed E-state index contributed by atoms with van der Waals surface area (Å²) in [5.41, 5.74) is 6.41. The van der Waals surface area contributed by atoms with Crippen molar-refractivity contribution in [1.29, 1.82) is 0 Å². The molecule has 0 amide bonds. The number of hydrogen-bond acceptors (Lipinski definition) is 5. The van der Waals surface area contributed by atoms with Crippen LogP contribution in [0.1, 0.15) is 162 Å². The lowest BCUT2D eigenvalue weighted by atomic mass is 9.44. The zero-order valence-corrected chi connectivity index (χ0v) is 37.9. The number of ketones is 1. The number of fused-ring (bicyclic) bond motifs is 9. The van der Waals surface area contributed by atoms with Gasteiger partial charge >= 0.3 is 5.97 Å². The lowest BCUT2D eigenvalue weighted by molar-refractivity contribution is -0.139. The quantitative estimate of drug-likeness (QED) is 0.229. The molecular formula is C54H75NO5. The van der Waals surface area contributed by atoms with Crippen molar-refractivity contribution >= 4 is 17.4 Å². The summed E-state index contributed by atoms with van der Waals surface area (Å²) in [6.07, 6.45) is 21.3. The van der Waals surface area contributed by atoms with Crippen LogP contribution >= 0.6 is 0 Å². The van der Waals surface area contributed by atoms with E-state index in [1.165, 1.54) is 80.2 Å². The molecule has 0 bridgehead atoms. The van der Waals surface area contributed by atoms with Crippen molar-refractivity contribution in [3.8, 4) is 11.8 Å². The van der Waals surface area contributed by atoms with Gasteiger partial charge in [0.25, 0.3) is 0 Å². The summed E-state index contributed by atoms with van der Waals surface area (Å²) in [4.78, 5) is 26.2. The molecule has 6 nitrogen and oxygen atoms in total. The van der Waals surface area contributed by atoms with Gasteiger partial charge in [-0.05, 0) is 203 Å². The van der Waals surface area contributed by atoms with Gasteiger partial charge in [0.2, 0.25) is 0 Å². The molecule has 6 saturated carbocycles. The predicted molar refractivity (Wildman–Crippen MR) is 239 cm³/mol. The number of allylic oxidation sites excluding steroid dienone is 4. The first kappa shape index (κ1) is 42.4. The zero-order valence-electron chi connectivity index (χ0n) is 37.9. The average Bonchev–Trinajstić information content (AvgIpc) is 3.72. The van der Waals surface area contributed by atoms with Crippen molar-refractivity contribution in [2.45, 2.75) is 168 Å². The minimum atomic E-state index is -0.959. The molecule has 1 aromatic carbocycles. The van der Waals surface area contributed by atoms with E-state index in [0.29, 0.717) is 53.4 Å². The van der Waals surface area contributed by atoms with E-state index in [9.17, 15) is 19.8 Å². The van der Waals surface area contributed by atoms with Crippen molar-refractivity contribution in [2.24, 2.45) is 63.6 Å².